The number of rotatable bonds is 4. The van der Waals surface area contributed by atoms with Crippen LogP contribution in [0.25, 0.3) is 0 Å². The zero-order valence-corrected chi connectivity index (χ0v) is 10.2. The van der Waals surface area contributed by atoms with Gasteiger partial charge in [-0.15, -0.1) is 11.6 Å². The molecule has 0 aliphatic carbocycles. The molecule has 0 heterocycles. The van der Waals surface area contributed by atoms with Gasteiger partial charge in [-0.3, -0.25) is 0 Å². The third-order valence-corrected chi connectivity index (χ3v) is 3.41. The lowest BCUT2D eigenvalue weighted by Gasteiger charge is -2.09. The quantitative estimate of drug-likeness (QED) is 0.861. The second kappa shape index (κ2) is 5.24. The molecule has 1 atom stereocenters. The summed E-state index contributed by atoms with van der Waals surface area (Å²) >= 11 is 5.50. The van der Waals surface area contributed by atoms with Crippen molar-refractivity contribution in [1.29, 1.82) is 0 Å². The van der Waals surface area contributed by atoms with Crippen LogP contribution in [0.2, 0.25) is 0 Å². The smallest absolute Gasteiger partial charge is 0.209 e. The number of halogens is 4. The summed E-state index contributed by atoms with van der Waals surface area (Å²) in [6.07, 6.45) is 0. The van der Waals surface area contributed by atoms with Crippen LogP contribution in [0.1, 0.15) is 6.92 Å². The first kappa shape index (κ1) is 14.3. The molecule has 1 N–H and O–H groups in total. The van der Waals surface area contributed by atoms with Gasteiger partial charge >= 0.3 is 0 Å². The van der Waals surface area contributed by atoms with Crippen LogP contribution in [0.4, 0.5) is 13.2 Å². The zero-order valence-electron chi connectivity index (χ0n) is 8.68. The fraction of sp³-hybridized carbons (Fsp3) is 0.333. The van der Waals surface area contributed by atoms with E-state index in [1.807, 2.05) is 4.72 Å². The molecule has 0 fully saturated rings. The first-order valence-electron chi connectivity index (χ1n) is 4.52. The molecule has 0 amide bonds. The number of hydrogen-bond acceptors (Lipinski definition) is 2. The van der Waals surface area contributed by atoms with Crippen molar-refractivity contribution in [2.75, 3.05) is 6.54 Å². The van der Waals surface area contributed by atoms with E-state index in [1.54, 1.807) is 0 Å². The van der Waals surface area contributed by atoms with Crippen LogP contribution in [0.5, 0.6) is 0 Å². The average molecular weight is 288 g/mol. The first-order valence-corrected chi connectivity index (χ1v) is 6.44. The largest absolute Gasteiger partial charge is 0.246 e. The van der Waals surface area contributed by atoms with Gasteiger partial charge in [0.2, 0.25) is 10.0 Å². The van der Waals surface area contributed by atoms with Gasteiger partial charge in [0.1, 0.15) is 17.5 Å². The van der Waals surface area contributed by atoms with Crippen LogP contribution < -0.4 is 4.72 Å². The van der Waals surface area contributed by atoms with Crippen molar-refractivity contribution in [1.82, 2.24) is 4.72 Å². The van der Waals surface area contributed by atoms with E-state index in [2.05, 4.69) is 0 Å². The van der Waals surface area contributed by atoms with E-state index >= 15 is 0 Å². The third-order valence-electron chi connectivity index (χ3n) is 1.79. The number of hydrogen-bond donors (Lipinski definition) is 1. The molecule has 3 nitrogen and oxygen atoms in total. The third kappa shape index (κ3) is 3.58. The van der Waals surface area contributed by atoms with E-state index in [0.29, 0.717) is 12.1 Å². The topological polar surface area (TPSA) is 46.2 Å². The van der Waals surface area contributed by atoms with Crippen molar-refractivity contribution < 1.29 is 21.6 Å². The highest BCUT2D eigenvalue weighted by molar-refractivity contribution is 7.89. The van der Waals surface area contributed by atoms with Crippen molar-refractivity contribution >= 4 is 21.6 Å². The summed E-state index contributed by atoms with van der Waals surface area (Å²) in [4.78, 5) is -1.21. The average Bonchev–Trinajstić information content (AvgIpc) is 2.12. The molecule has 1 aromatic rings. The van der Waals surface area contributed by atoms with Gasteiger partial charge in [0.15, 0.2) is 4.90 Å². The molecule has 0 bridgehead atoms. The number of nitrogens with one attached hydrogen (secondary N) is 1. The molecular formula is C9H9ClF3NO2S. The summed E-state index contributed by atoms with van der Waals surface area (Å²) in [6.45, 7) is 1.31. The molecular weight excluding hydrogens is 279 g/mol. The maximum absolute atomic E-state index is 13.2. The van der Waals surface area contributed by atoms with Crippen LogP contribution in [-0.2, 0) is 10.0 Å². The van der Waals surface area contributed by atoms with Gasteiger partial charge in [-0.2, -0.15) is 0 Å². The van der Waals surface area contributed by atoms with Crippen molar-refractivity contribution in [3.8, 4) is 0 Å². The molecule has 1 rings (SSSR count). The predicted octanol–water partition coefficient (Wildman–Crippen LogP) is 2.01. The van der Waals surface area contributed by atoms with E-state index in [-0.39, 0.29) is 6.54 Å². The van der Waals surface area contributed by atoms with Gasteiger partial charge in [0, 0.05) is 24.1 Å². The van der Waals surface area contributed by atoms with E-state index in [4.69, 9.17) is 11.6 Å². The Kier molecular flexibility index (Phi) is 4.40. The molecule has 0 aliphatic rings. The molecule has 17 heavy (non-hydrogen) atoms. The molecule has 0 spiro atoms. The Hall–Kier alpha value is -0.790. The second-order valence-electron chi connectivity index (χ2n) is 3.33. The molecule has 0 saturated heterocycles. The van der Waals surface area contributed by atoms with Gasteiger partial charge in [-0.05, 0) is 6.92 Å². The van der Waals surface area contributed by atoms with E-state index < -0.39 is 37.7 Å². The SMILES string of the molecule is CC(Cl)CNS(=O)(=O)c1c(F)cc(F)cc1F. The molecule has 0 saturated carbocycles. The first-order chi connectivity index (χ1) is 7.74. The lowest BCUT2D eigenvalue weighted by molar-refractivity contribution is 0.494. The minimum absolute atomic E-state index is 0.194. The Morgan fingerprint density at radius 2 is 1.76 bits per heavy atom. The second-order valence-corrected chi connectivity index (χ2v) is 5.78. The van der Waals surface area contributed by atoms with Gasteiger partial charge in [-0.1, -0.05) is 0 Å². The maximum atomic E-state index is 13.2. The summed E-state index contributed by atoms with van der Waals surface area (Å²) in [5.74, 6) is -4.17. The van der Waals surface area contributed by atoms with Crippen molar-refractivity contribution in [3.05, 3.63) is 29.6 Å². The summed E-state index contributed by atoms with van der Waals surface area (Å²) in [7, 11) is -4.38. The van der Waals surface area contributed by atoms with Crippen LogP contribution in [-0.4, -0.2) is 20.3 Å². The van der Waals surface area contributed by atoms with Crippen molar-refractivity contribution in [3.63, 3.8) is 0 Å². The van der Waals surface area contributed by atoms with Gasteiger partial charge in [-0.25, -0.2) is 26.3 Å². The summed E-state index contributed by atoms with van der Waals surface area (Å²) in [5.41, 5.74) is 0. The van der Waals surface area contributed by atoms with Crippen molar-refractivity contribution in [2.24, 2.45) is 0 Å². The standard InChI is InChI=1S/C9H9ClF3NO2S/c1-5(10)4-14-17(15,16)9-7(12)2-6(11)3-8(9)13/h2-3,5,14H,4H2,1H3. The van der Waals surface area contributed by atoms with Crippen LogP contribution >= 0.6 is 11.6 Å². The highest BCUT2D eigenvalue weighted by Gasteiger charge is 2.25. The Morgan fingerprint density at radius 1 is 1.29 bits per heavy atom. The predicted molar refractivity (Wildman–Crippen MR) is 56.8 cm³/mol. The molecule has 0 radical (unpaired) electrons. The monoisotopic (exact) mass is 287 g/mol. The lowest BCUT2D eigenvalue weighted by atomic mass is 10.3. The fourth-order valence-corrected chi connectivity index (χ4v) is 2.50. The van der Waals surface area contributed by atoms with Crippen LogP contribution in [0.3, 0.4) is 0 Å². The summed E-state index contributed by atoms with van der Waals surface area (Å²) in [6, 6.07) is 0.587. The van der Waals surface area contributed by atoms with Crippen molar-refractivity contribution in [2.45, 2.75) is 17.2 Å². The molecule has 1 aromatic carbocycles. The van der Waals surface area contributed by atoms with Crippen LogP contribution in [0.15, 0.2) is 17.0 Å². The van der Waals surface area contributed by atoms with Crippen LogP contribution in [0, 0.1) is 17.5 Å². The van der Waals surface area contributed by atoms with Gasteiger partial charge in [0.05, 0.1) is 0 Å². The summed E-state index contributed by atoms with van der Waals surface area (Å²) in [5, 5.41) is -0.545. The van der Waals surface area contributed by atoms with Gasteiger partial charge < -0.3 is 0 Å². The normalized spacial score (nSPS) is 13.7. The van der Waals surface area contributed by atoms with E-state index in [0.717, 1.165) is 0 Å². The maximum Gasteiger partial charge on any atom is 0.246 e. The Morgan fingerprint density at radius 3 is 2.18 bits per heavy atom. The highest BCUT2D eigenvalue weighted by Crippen LogP contribution is 2.19. The Bertz CT molecular complexity index is 496. The number of alkyl halides is 1. The number of sulfonamides is 1. The highest BCUT2D eigenvalue weighted by atomic mass is 35.5. The molecule has 0 aliphatic heterocycles. The van der Waals surface area contributed by atoms with E-state index in [1.165, 1.54) is 6.92 Å². The molecule has 8 heteroatoms. The summed E-state index contributed by atoms with van der Waals surface area (Å²) < 4.78 is 63.9. The molecule has 96 valence electrons. The molecule has 1 unspecified atom stereocenters. The fourth-order valence-electron chi connectivity index (χ4n) is 1.08. The Labute approximate surface area is 102 Å². The zero-order chi connectivity index (χ0) is 13.2. The number of benzene rings is 1. The lowest BCUT2D eigenvalue weighted by Crippen LogP contribution is -2.30. The minimum atomic E-state index is -4.38. The minimum Gasteiger partial charge on any atom is -0.209 e. The van der Waals surface area contributed by atoms with Gasteiger partial charge in [0.25, 0.3) is 0 Å². The molecule has 0 aromatic heterocycles. The van der Waals surface area contributed by atoms with E-state index in [9.17, 15) is 21.6 Å². The Balaban J connectivity index is 3.16.